The highest BCUT2D eigenvalue weighted by molar-refractivity contribution is 5.37. The molecule has 0 saturated carbocycles. The number of aryl methyl sites for hydroxylation is 1. The zero-order valence-corrected chi connectivity index (χ0v) is 10.4. The van der Waals surface area contributed by atoms with Gasteiger partial charge in [-0.05, 0) is 38.0 Å². The minimum atomic E-state index is 0.0724. The molecule has 16 heavy (non-hydrogen) atoms. The molecule has 0 spiro atoms. The second-order valence-corrected chi connectivity index (χ2v) is 4.37. The van der Waals surface area contributed by atoms with E-state index in [1.807, 2.05) is 32.9 Å². The average molecular weight is 219 g/mol. The second-order valence-electron chi connectivity index (χ2n) is 4.37. The van der Waals surface area contributed by atoms with E-state index in [9.17, 15) is 0 Å². The number of rotatable bonds is 5. The molecule has 0 aromatic heterocycles. The molecule has 0 aliphatic rings. The number of nitrogens with two attached hydrogens (primary N) is 1. The molecule has 0 fully saturated rings. The molecular formula is C14H21NO. The smallest absolute Gasteiger partial charge is 0.122 e. The summed E-state index contributed by atoms with van der Waals surface area (Å²) >= 11 is 0. The summed E-state index contributed by atoms with van der Waals surface area (Å²) in [5.41, 5.74) is 9.24. The molecule has 0 radical (unpaired) electrons. The van der Waals surface area contributed by atoms with Crippen LogP contribution in [0, 0.1) is 6.92 Å². The van der Waals surface area contributed by atoms with E-state index in [-0.39, 0.29) is 6.04 Å². The SMILES string of the molecule is C=C(C)CCOc1ccc([C@H](C)N)cc1C. The van der Waals surface area contributed by atoms with Gasteiger partial charge < -0.3 is 10.5 Å². The van der Waals surface area contributed by atoms with Gasteiger partial charge in [0, 0.05) is 12.5 Å². The molecular weight excluding hydrogens is 198 g/mol. The van der Waals surface area contributed by atoms with Crippen molar-refractivity contribution in [3.05, 3.63) is 41.5 Å². The first kappa shape index (κ1) is 12.8. The largest absolute Gasteiger partial charge is 0.493 e. The maximum atomic E-state index is 5.82. The van der Waals surface area contributed by atoms with E-state index in [1.54, 1.807) is 0 Å². The van der Waals surface area contributed by atoms with Crippen LogP contribution < -0.4 is 10.5 Å². The molecule has 0 aliphatic heterocycles. The Balaban J connectivity index is 2.64. The van der Waals surface area contributed by atoms with Crippen LogP contribution in [0.15, 0.2) is 30.4 Å². The van der Waals surface area contributed by atoms with E-state index >= 15 is 0 Å². The molecule has 1 atom stereocenters. The van der Waals surface area contributed by atoms with Crippen LogP contribution in [0.2, 0.25) is 0 Å². The molecule has 0 aliphatic carbocycles. The molecule has 2 N–H and O–H groups in total. The van der Waals surface area contributed by atoms with Crippen LogP contribution in [0.5, 0.6) is 5.75 Å². The lowest BCUT2D eigenvalue weighted by molar-refractivity contribution is 0.319. The molecule has 1 aromatic carbocycles. The van der Waals surface area contributed by atoms with E-state index in [0.29, 0.717) is 6.61 Å². The van der Waals surface area contributed by atoms with E-state index in [0.717, 1.165) is 28.9 Å². The van der Waals surface area contributed by atoms with Crippen molar-refractivity contribution < 1.29 is 4.74 Å². The first-order valence-electron chi connectivity index (χ1n) is 5.64. The fourth-order valence-corrected chi connectivity index (χ4v) is 1.45. The quantitative estimate of drug-likeness (QED) is 0.771. The summed E-state index contributed by atoms with van der Waals surface area (Å²) in [5.74, 6) is 0.936. The highest BCUT2D eigenvalue weighted by atomic mass is 16.5. The van der Waals surface area contributed by atoms with Crippen molar-refractivity contribution in [3.63, 3.8) is 0 Å². The molecule has 0 amide bonds. The van der Waals surface area contributed by atoms with Crippen molar-refractivity contribution in [1.29, 1.82) is 0 Å². The van der Waals surface area contributed by atoms with Gasteiger partial charge in [-0.25, -0.2) is 0 Å². The van der Waals surface area contributed by atoms with Crippen LogP contribution >= 0.6 is 0 Å². The third kappa shape index (κ3) is 3.70. The van der Waals surface area contributed by atoms with E-state index < -0.39 is 0 Å². The Kier molecular flexibility index (Phi) is 4.56. The van der Waals surface area contributed by atoms with Gasteiger partial charge in [0.05, 0.1) is 6.61 Å². The first-order chi connectivity index (χ1) is 7.50. The molecule has 2 heteroatoms. The fraction of sp³-hybridized carbons (Fsp3) is 0.429. The zero-order valence-electron chi connectivity index (χ0n) is 10.4. The van der Waals surface area contributed by atoms with Gasteiger partial charge in [0.15, 0.2) is 0 Å². The standard InChI is InChI=1S/C14H21NO/c1-10(2)7-8-16-14-6-5-13(12(4)15)9-11(14)3/h5-6,9,12H,1,7-8,15H2,2-4H3/t12-/m0/s1. The normalized spacial score (nSPS) is 12.2. The highest BCUT2D eigenvalue weighted by Gasteiger charge is 2.04. The molecule has 0 heterocycles. The van der Waals surface area contributed by atoms with E-state index in [1.165, 1.54) is 0 Å². The fourth-order valence-electron chi connectivity index (χ4n) is 1.45. The van der Waals surface area contributed by atoms with Gasteiger partial charge in [-0.3, -0.25) is 0 Å². The van der Waals surface area contributed by atoms with Crippen molar-refractivity contribution in [2.24, 2.45) is 5.73 Å². The Morgan fingerprint density at radius 2 is 2.19 bits per heavy atom. The molecule has 0 bridgehead atoms. The first-order valence-corrected chi connectivity index (χ1v) is 5.64. The topological polar surface area (TPSA) is 35.2 Å². The van der Waals surface area contributed by atoms with Gasteiger partial charge in [0.25, 0.3) is 0 Å². The summed E-state index contributed by atoms with van der Waals surface area (Å²) in [6.45, 7) is 10.6. The van der Waals surface area contributed by atoms with Gasteiger partial charge in [-0.15, -0.1) is 6.58 Å². The van der Waals surface area contributed by atoms with Gasteiger partial charge in [0.1, 0.15) is 5.75 Å². The third-order valence-corrected chi connectivity index (χ3v) is 2.51. The van der Waals surface area contributed by atoms with Crippen LogP contribution in [0.1, 0.15) is 37.4 Å². The van der Waals surface area contributed by atoms with Crippen LogP contribution in [-0.4, -0.2) is 6.61 Å². The van der Waals surface area contributed by atoms with Crippen molar-refractivity contribution in [1.82, 2.24) is 0 Å². The minimum Gasteiger partial charge on any atom is -0.493 e. The van der Waals surface area contributed by atoms with Crippen LogP contribution in [-0.2, 0) is 0 Å². The summed E-state index contributed by atoms with van der Waals surface area (Å²) < 4.78 is 5.68. The van der Waals surface area contributed by atoms with Crippen molar-refractivity contribution >= 4 is 0 Å². The molecule has 0 saturated heterocycles. The lowest BCUT2D eigenvalue weighted by atomic mass is 10.1. The summed E-state index contributed by atoms with van der Waals surface area (Å²) in [6.07, 6.45) is 0.897. The summed E-state index contributed by atoms with van der Waals surface area (Å²) in [5, 5.41) is 0. The Morgan fingerprint density at radius 1 is 1.50 bits per heavy atom. The van der Waals surface area contributed by atoms with Gasteiger partial charge in [-0.2, -0.15) is 0 Å². The summed E-state index contributed by atoms with van der Waals surface area (Å²) in [4.78, 5) is 0. The predicted octanol–water partition coefficient (Wildman–Crippen LogP) is 3.36. The number of hydrogen-bond donors (Lipinski definition) is 1. The minimum absolute atomic E-state index is 0.0724. The van der Waals surface area contributed by atoms with Crippen molar-refractivity contribution in [2.45, 2.75) is 33.2 Å². The molecule has 1 aromatic rings. The van der Waals surface area contributed by atoms with Gasteiger partial charge >= 0.3 is 0 Å². The van der Waals surface area contributed by atoms with E-state index in [2.05, 4.69) is 12.6 Å². The highest BCUT2D eigenvalue weighted by Crippen LogP contribution is 2.22. The molecule has 2 nitrogen and oxygen atoms in total. The summed E-state index contributed by atoms with van der Waals surface area (Å²) in [6, 6.07) is 6.17. The Bertz CT molecular complexity index is 369. The Hall–Kier alpha value is -1.28. The predicted molar refractivity (Wildman–Crippen MR) is 68.7 cm³/mol. The average Bonchev–Trinajstić information content (AvgIpc) is 2.19. The molecule has 88 valence electrons. The number of hydrogen-bond acceptors (Lipinski definition) is 2. The lowest BCUT2D eigenvalue weighted by Crippen LogP contribution is -2.06. The molecule has 1 rings (SSSR count). The maximum absolute atomic E-state index is 5.82. The zero-order chi connectivity index (χ0) is 12.1. The Labute approximate surface area is 98.1 Å². The lowest BCUT2D eigenvalue weighted by Gasteiger charge is -2.12. The van der Waals surface area contributed by atoms with Gasteiger partial charge in [-0.1, -0.05) is 17.7 Å². The number of ether oxygens (including phenoxy) is 1. The van der Waals surface area contributed by atoms with Crippen molar-refractivity contribution in [3.8, 4) is 5.75 Å². The van der Waals surface area contributed by atoms with Crippen molar-refractivity contribution in [2.75, 3.05) is 6.61 Å². The van der Waals surface area contributed by atoms with E-state index in [4.69, 9.17) is 10.5 Å². The molecule has 0 unspecified atom stereocenters. The van der Waals surface area contributed by atoms with Gasteiger partial charge in [0.2, 0.25) is 0 Å². The monoisotopic (exact) mass is 219 g/mol. The number of benzene rings is 1. The van der Waals surface area contributed by atoms with Crippen LogP contribution in [0.3, 0.4) is 0 Å². The van der Waals surface area contributed by atoms with Crippen LogP contribution in [0.25, 0.3) is 0 Å². The summed E-state index contributed by atoms with van der Waals surface area (Å²) in [7, 11) is 0. The Morgan fingerprint density at radius 3 is 2.69 bits per heavy atom. The van der Waals surface area contributed by atoms with Crippen LogP contribution in [0.4, 0.5) is 0 Å². The maximum Gasteiger partial charge on any atom is 0.122 e. The second kappa shape index (κ2) is 5.71. The third-order valence-electron chi connectivity index (χ3n) is 2.51.